The van der Waals surface area contributed by atoms with Crippen LogP contribution in [0.25, 0.3) is 10.4 Å². The molecule has 0 amide bonds. The largest absolute Gasteiger partial charge is 1.00 e. The van der Waals surface area contributed by atoms with Gasteiger partial charge in [0.15, 0.2) is 5.12 Å². The number of ether oxygens (including phenoxy) is 1. The van der Waals surface area contributed by atoms with E-state index in [0.717, 1.165) is 16.3 Å². The molecule has 0 saturated carbocycles. The van der Waals surface area contributed by atoms with Crippen LogP contribution in [0.3, 0.4) is 0 Å². The fraction of sp³-hybridized carbons (Fsp3) is 0.722. The first-order chi connectivity index (χ1) is 15.2. The molecule has 184 valence electrons. The van der Waals surface area contributed by atoms with Crippen molar-refractivity contribution < 1.29 is 57.6 Å². The molecule has 16 heteroatoms. The summed E-state index contributed by atoms with van der Waals surface area (Å²) < 4.78 is 28.9. The molecule has 0 aliphatic carbocycles. The van der Waals surface area contributed by atoms with Gasteiger partial charge in [-0.25, -0.2) is 4.79 Å². The number of H-pyrrole nitrogens is 1. The van der Waals surface area contributed by atoms with Gasteiger partial charge < -0.3 is 18.7 Å². The van der Waals surface area contributed by atoms with Crippen molar-refractivity contribution in [3.05, 3.63) is 43.0 Å². The van der Waals surface area contributed by atoms with E-state index >= 15 is 0 Å². The molecular formula is C18H27N5NaO8PS. The van der Waals surface area contributed by atoms with E-state index in [-0.39, 0.29) is 52.4 Å². The number of hydrogen-bond donors (Lipinski definition) is 1. The fourth-order valence-corrected chi connectivity index (χ4v) is 4.77. The Morgan fingerprint density at radius 1 is 1.50 bits per heavy atom. The minimum absolute atomic E-state index is 0. The van der Waals surface area contributed by atoms with Crippen molar-refractivity contribution in [3.63, 3.8) is 0 Å². The van der Waals surface area contributed by atoms with Crippen molar-refractivity contribution in [2.75, 3.05) is 12.4 Å². The molecule has 0 bridgehead atoms. The van der Waals surface area contributed by atoms with E-state index in [4.69, 9.17) is 19.3 Å². The van der Waals surface area contributed by atoms with E-state index < -0.39 is 55.6 Å². The van der Waals surface area contributed by atoms with Gasteiger partial charge in [-0.3, -0.25) is 23.7 Å². The minimum Gasteiger partial charge on any atom is -0.756 e. The zero-order valence-electron chi connectivity index (χ0n) is 19.9. The second kappa shape index (κ2) is 12.9. The molecule has 1 aromatic heterocycles. The van der Waals surface area contributed by atoms with Crippen molar-refractivity contribution in [2.24, 2.45) is 10.5 Å². The minimum atomic E-state index is -4.77. The SMILES string of the molecule is Cc1cn([C@H]2C[C@H](N=[N+]=[N-])[C@@H](COP(=O)([O-])OC(C)CSC(=O)C(C)(C)C)O2)c(=O)[nH]c1=O.[Na+]. The molecule has 2 rings (SSSR count). The maximum Gasteiger partial charge on any atom is 1.00 e. The molecule has 0 aromatic carbocycles. The number of hydrogen-bond acceptors (Lipinski definition) is 10. The predicted molar refractivity (Wildman–Crippen MR) is 119 cm³/mol. The summed E-state index contributed by atoms with van der Waals surface area (Å²) in [6.45, 7) is 7.76. The molecule has 1 aromatic rings. The number of azide groups is 1. The third kappa shape index (κ3) is 8.94. The maximum absolute atomic E-state index is 12.2. The van der Waals surface area contributed by atoms with Gasteiger partial charge in [0.2, 0.25) is 0 Å². The molecule has 5 atom stereocenters. The monoisotopic (exact) mass is 527 g/mol. The van der Waals surface area contributed by atoms with E-state index in [1.807, 2.05) is 0 Å². The van der Waals surface area contributed by atoms with Crippen LogP contribution in [-0.4, -0.2) is 45.3 Å². The zero-order valence-corrected chi connectivity index (χ0v) is 23.6. The van der Waals surface area contributed by atoms with Crippen LogP contribution in [0.2, 0.25) is 0 Å². The number of nitrogens with zero attached hydrogens (tertiary/aromatic N) is 4. The molecule has 2 heterocycles. The number of aromatic nitrogens is 2. The number of nitrogens with one attached hydrogen (secondary N) is 1. The molecule has 0 spiro atoms. The zero-order chi connectivity index (χ0) is 25.0. The Bertz CT molecular complexity index is 1080. The Kier molecular flexibility index (Phi) is 11.8. The Balaban J connectivity index is 0.00000578. The quantitative estimate of drug-likeness (QED) is 0.138. The summed E-state index contributed by atoms with van der Waals surface area (Å²) in [7, 11) is -4.77. The van der Waals surface area contributed by atoms with Gasteiger partial charge in [0, 0.05) is 34.3 Å². The van der Waals surface area contributed by atoms with Gasteiger partial charge in [0.1, 0.15) is 6.23 Å². The van der Waals surface area contributed by atoms with Crippen LogP contribution in [0.15, 0.2) is 20.9 Å². The van der Waals surface area contributed by atoms with Crippen molar-refractivity contribution >= 4 is 24.7 Å². The number of phosphoric ester groups is 1. The first-order valence-electron chi connectivity index (χ1n) is 10.1. The summed E-state index contributed by atoms with van der Waals surface area (Å²) in [4.78, 5) is 52.8. The van der Waals surface area contributed by atoms with E-state index in [2.05, 4.69) is 15.0 Å². The summed E-state index contributed by atoms with van der Waals surface area (Å²) in [5.41, 5.74) is 7.26. The Labute approximate surface area is 222 Å². The van der Waals surface area contributed by atoms with Crippen LogP contribution >= 0.6 is 19.6 Å². The smallest absolute Gasteiger partial charge is 0.756 e. The maximum atomic E-state index is 12.2. The average molecular weight is 527 g/mol. The first-order valence-corrected chi connectivity index (χ1v) is 12.5. The summed E-state index contributed by atoms with van der Waals surface area (Å²) in [5.74, 6) is 0.115. The van der Waals surface area contributed by atoms with Crippen molar-refractivity contribution in [1.82, 2.24) is 9.55 Å². The van der Waals surface area contributed by atoms with Gasteiger partial charge >= 0.3 is 35.2 Å². The average Bonchev–Trinajstić information content (AvgIpc) is 3.09. The summed E-state index contributed by atoms with van der Waals surface area (Å²) in [6, 6.07) is -0.823. The molecule has 1 saturated heterocycles. The molecule has 13 nitrogen and oxygen atoms in total. The van der Waals surface area contributed by atoms with Crippen molar-refractivity contribution in [2.45, 2.75) is 65.5 Å². The van der Waals surface area contributed by atoms with Gasteiger partial charge in [-0.05, 0) is 19.4 Å². The van der Waals surface area contributed by atoms with Crippen LogP contribution in [0.5, 0.6) is 0 Å². The van der Waals surface area contributed by atoms with Crippen LogP contribution in [0, 0.1) is 12.3 Å². The van der Waals surface area contributed by atoms with E-state index in [0.29, 0.717) is 0 Å². The molecule has 1 aliphatic rings. The number of carbonyl (C=O) groups is 1. The number of rotatable bonds is 9. The summed E-state index contributed by atoms with van der Waals surface area (Å²) in [5, 5.41) is 3.50. The topological polar surface area (TPSA) is 189 Å². The van der Waals surface area contributed by atoms with Crippen LogP contribution < -0.4 is 45.7 Å². The van der Waals surface area contributed by atoms with E-state index in [9.17, 15) is 23.8 Å². The Morgan fingerprint density at radius 3 is 2.74 bits per heavy atom. The number of phosphoric acid groups is 1. The van der Waals surface area contributed by atoms with Gasteiger partial charge in [0.05, 0.1) is 24.9 Å². The summed E-state index contributed by atoms with van der Waals surface area (Å²) >= 11 is 0.967. The number of thioether (sulfide) groups is 1. The van der Waals surface area contributed by atoms with Crippen molar-refractivity contribution in [3.8, 4) is 0 Å². The van der Waals surface area contributed by atoms with Gasteiger partial charge in [-0.1, -0.05) is 37.6 Å². The third-order valence-electron chi connectivity index (χ3n) is 4.63. The predicted octanol–water partition coefficient (Wildman–Crippen LogP) is -0.989. The molecule has 2 unspecified atom stereocenters. The second-order valence-corrected chi connectivity index (χ2v) is 11.0. The van der Waals surface area contributed by atoms with Gasteiger partial charge in [-0.2, -0.15) is 0 Å². The molecule has 1 N–H and O–H groups in total. The van der Waals surface area contributed by atoms with Gasteiger partial charge in [-0.15, -0.1) is 0 Å². The molecule has 34 heavy (non-hydrogen) atoms. The number of carbonyl (C=O) groups excluding carboxylic acids is 1. The summed E-state index contributed by atoms with van der Waals surface area (Å²) in [6.07, 6.45) is -1.33. The van der Waals surface area contributed by atoms with Crippen LogP contribution in [0.1, 0.15) is 45.9 Å². The van der Waals surface area contributed by atoms with Gasteiger partial charge in [0.25, 0.3) is 13.4 Å². The second-order valence-electron chi connectivity index (χ2n) is 8.62. The van der Waals surface area contributed by atoms with Crippen LogP contribution in [-0.2, 0) is 23.1 Å². The fourth-order valence-electron chi connectivity index (χ4n) is 2.88. The third-order valence-corrected chi connectivity index (χ3v) is 7.22. The molecular weight excluding hydrogens is 500 g/mol. The van der Waals surface area contributed by atoms with Crippen LogP contribution in [0.4, 0.5) is 0 Å². The molecule has 1 aliphatic heterocycles. The Hall–Kier alpha value is -0.920. The standard InChI is InChI=1S/C18H28N5O8PS.Na/c1-10-7-23(17(26)20-15(10)24)14-6-12(21-22-19)13(30-14)8-29-32(27,28)31-11(2)9-33-16(25)18(3,4)5;/h7,11-14H,6,8-9H2,1-5H3,(H,27,28)(H,20,24,26);/q;+1/p-1/t11?,12-,13+,14+;/m0./s1. The Morgan fingerprint density at radius 2 is 2.15 bits per heavy atom. The number of aryl methyl sites for hydroxylation is 1. The molecule has 1 fully saturated rings. The number of aromatic amines is 1. The first kappa shape index (κ1) is 31.1. The molecule has 0 radical (unpaired) electrons. The van der Waals surface area contributed by atoms with E-state index in [1.54, 1.807) is 20.8 Å². The van der Waals surface area contributed by atoms with E-state index in [1.165, 1.54) is 20.0 Å². The normalized spacial score (nSPS) is 22.8. The van der Waals surface area contributed by atoms with Crippen molar-refractivity contribution in [1.29, 1.82) is 0 Å².